The van der Waals surface area contributed by atoms with E-state index in [1.54, 1.807) is 0 Å². The van der Waals surface area contributed by atoms with Gasteiger partial charge in [-0.3, -0.25) is 10.1 Å². The third-order valence-electron chi connectivity index (χ3n) is 3.59. The number of rotatable bonds is 4. The van der Waals surface area contributed by atoms with Crippen LogP contribution in [0.1, 0.15) is 44.0 Å². The first-order valence-electron chi connectivity index (χ1n) is 6.74. The van der Waals surface area contributed by atoms with E-state index in [4.69, 9.17) is 0 Å². The van der Waals surface area contributed by atoms with Gasteiger partial charge in [0.05, 0.1) is 6.54 Å². The van der Waals surface area contributed by atoms with Gasteiger partial charge < -0.3 is 4.90 Å². The maximum Gasteiger partial charge on any atom is 0.238 e. The van der Waals surface area contributed by atoms with Crippen molar-refractivity contribution in [2.24, 2.45) is 0 Å². The highest BCUT2D eigenvalue weighted by atomic mass is 16.2. The van der Waals surface area contributed by atoms with Crippen molar-refractivity contribution in [2.45, 2.75) is 45.8 Å². The number of amides is 1. The molecule has 3 heteroatoms. The van der Waals surface area contributed by atoms with Crippen molar-refractivity contribution in [1.82, 2.24) is 10.2 Å². The number of hydrogen-bond acceptors (Lipinski definition) is 2. The molecule has 2 unspecified atom stereocenters. The summed E-state index contributed by atoms with van der Waals surface area (Å²) in [5.74, 6) is 0.210. The Morgan fingerprint density at radius 2 is 2.06 bits per heavy atom. The van der Waals surface area contributed by atoms with Crippen LogP contribution < -0.4 is 5.32 Å². The van der Waals surface area contributed by atoms with Crippen molar-refractivity contribution in [3.05, 3.63) is 35.4 Å². The first kappa shape index (κ1) is 13.1. The maximum absolute atomic E-state index is 12.0. The van der Waals surface area contributed by atoms with E-state index in [9.17, 15) is 4.79 Å². The molecule has 1 aliphatic heterocycles. The second-order valence-corrected chi connectivity index (χ2v) is 5.13. The topological polar surface area (TPSA) is 32.3 Å². The number of hydrogen-bond donors (Lipinski definition) is 1. The summed E-state index contributed by atoms with van der Waals surface area (Å²) in [6.07, 6.45) is 2.20. The molecule has 0 aliphatic carbocycles. The Balaban J connectivity index is 2.20. The molecule has 0 bridgehead atoms. The zero-order valence-corrected chi connectivity index (χ0v) is 11.4. The number of nitrogens with one attached hydrogen (secondary N) is 1. The lowest BCUT2D eigenvalue weighted by Gasteiger charge is -2.30. The van der Waals surface area contributed by atoms with Crippen LogP contribution in [0.4, 0.5) is 0 Å². The highest BCUT2D eigenvalue weighted by Crippen LogP contribution is 2.26. The number of aryl methyl sites for hydroxylation is 1. The molecule has 2 atom stereocenters. The van der Waals surface area contributed by atoms with Crippen LogP contribution in [-0.4, -0.2) is 23.4 Å². The first-order chi connectivity index (χ1) is 8.63. The van der Waals surface area contributed by atoms with Gasteiger partial charge in [0, 0.05) is 6.04 Å². The minimum atomic E-state index is 0.0413. The highest BCUT2D eigenvalue weighted by Gasteiger charge is 2.34. The lowest BCUT2D eigenvalue weighted by Crippen LogP contribution is -2.37. The molecule has 1 aromatic rings. The van der Waals surface area contributed by atoms with Crippen molar-refractivity contribution >= 4 is 5.91 Å². The summed E-state index contributed by atoms with van der Waals surface area (Å²) < 4.78 is 0. The van der Waals surface area contributed by atoms with E-state index in [1.807, 2.05) is 4.90 Å². The third-order valence-corrected chi connectivity index (χ3v) is 3.59. The molecule has 1 amide bonds. The predicted octanol–water partition coefficient (Wildman–Crippen LogP) is 2.61. The summed E-state index contributed by atoms with van der Waals surface area (Å²) in [4.78, 5) is 14.0. The van der Waals surface area contributed by atoms with Crippen LogP contribution in [0.5, 0.6) is 0 Å². The Kier molecular flexibility index (Phi) is 4.02. The van der Waals surface area contributed by atoms with Crippen molar-refractivity contribution < 1.29 is 4.79 Å². The summed E-state index contributed by atoms with van der Waals surface area (Å²) in [7, 11) is 0. The van der Waals surface area contributed by atoms with Gasteiger partial charge in [0.15, 0.2) is 0 Å². The van der Waals surface area contributed by atoms with Gasteiger partial charge in [-0.2, -0.15) is 0 Å². The van der Waals surface area contributed by atoms with Gasteiger partial charge in [-0.25, -0.2) is 0 Å². The van der Waals surface area contributed by atoms with E-state index >= 15 is 0 Å². The SMILES string of the molecule is CCCC(C)N1C(=O)CNC1c1ccc(C)cc1. The summed E-state index contributed by atoms with van der Waals surface area (Å²) >= 11 is 0. The Morgan fingerprint density at radius 3 is 2.67 bits per heavy atom. The molecule has 0 saturated carbocycles. The van der Waals surface area contributed by atoms with Gasteiger partial charge >= 0.3 is 0 Å². The second kappa shape index (κ2) is 5.53. The molecule has 2 rings (SSSR count). The largest absolute Gasteiger partial charge is 0.319 e. The molecule has 18 heavy (non-hydrogen) atoms. The molecule has 98 valence electrons. The van der Waals surface area contributed by atoms with Crippen LogP contribution in [0.25, 0.3) is 0 Å². The monoisotopic (exact) mass is 246 g/mol. The molecule has 1 aliphatic rings. The van der Waals surface area contributed by atoms with E-state index in [2.05, 4.69) is 50.4 Å². The van der Waals surface area contributed by atoms with Crippen molar-refractivity contribution in [3.8, 4) is 0 Å². The van der Waals surface area contributed by atoms with Crippen molar-refractivity contribution in [2.75, 3.05) is 6.54 Å². The van der Waals surface area contributed by atoms with Gasteiger partial charge in [0.25, 0.3) is 0 Å². The first-order valence-corrected chi connectivity index (χ1v) is 6.74. The van der Waals surface area contributed by atoms with Gasteiger partial charge in [-0.05, 0) is 25.8 Å². The standard InChI is InChI=1S/C15H22N2O/c1-4-5-12(3)17-14(18)10-16-15(17)13-8-6-11(2)7-9-13/h6-9,12,15-16H,4-5,10H2,1-3H3. The molecule has 0 aromatic heterocycles. The van der Waals surface area contributed by atoms with Gasteiger partial charge in [0.2, 0.25) is 5.91 Å². The lowest BCUT2D eigenvalue weighted by atomic mass is 10.1. The summed E-state index contributed by atoms with van der Waals surface area (Å²) in [5.41, 5.74) is 2.42. The average molecular weight is 246 g/mol. The zero-order valence-electron chi connectivity index (χ0n) is 11.4. The van der Waals surface area contributed by atoms with E-state index in [-0.39, 0.29) is 12.1 Å². The van der Waals surface area contributed by atoms with Crippen LogP contribution >= 0.6 is 0 Å². The minimum Gasteiger partial charge on any atom is -0.319 e. The summed E-state index contributed by atoms with van der Waals surface area (Å²) in [6, 6.07) is 8.71. The average Bonchev–Trinajstić information content (AvgIpc) is 2.72. The Labute approximate surface area is 109 Å². The molecule has 1 aromatic carbocycles. The predicted molar refractivity (Wildman–Crippen MR) is 73.1 cm³/mol. The molecule has 0 radical (unpaired) electrons. The fourth-order valence-corrected chi connectivity index (χ4v) is 2.60. The van der Waals surface area contributed by atoms with E-state index in [0.717, 1.165) is 12.8 Å². The minimum absolute atomic E-state index is 0.0413. The molecular formula is C15H22N2O. The fourth-order valence-electron chi connectivity index (χ4n) is 2.60. The lowest BCUT2D eigenvalue weighted by molar-refractivity contribution is -0.130. The summed E-state index contributed by atoms with van der Waals surface area (Å²) in [5, 5.41) is 3.31. The molecule has 1 heterocycles. The number of benzene rings is 1. The quantitative estimate of drug-likeness (QED) is 0.885. The molecule has 3 nitrogen and oxygen atoms in total. The Morgan fingerprint density at radius 1 is 1.39 bits per heavy atom. The molecule has 1 saturated heterocycles. The van der Waals surface area contributed by atoms with Crippen molar-refractivity contribution in [3.63, 3.8) is 0 Å². The zero-order chi connectivity index (χ0) is 13.1. The highest BCUT2D eigenvalue weighted by molar-refractivity contribution is 5.81. The number of nitrogens with zero attached hydrogens (tertiary/aromatic N) is 1. The molecule has 1 fully saturated rings. The normalized spacial score (nSPS) is 21.4. The van der Waals surface area contributed by atoms with Crippen molar-refractivity contribution in [1.29, 1.82) is 0 Å². The Bertz CT molecular complexity index is 413. The second-order valence-electron chi connectivity index (χ2n) is 5.13. The van der Waals surface area contributed by atoms with Crippen LogP contribution in [0.2, 0.25) is 0 Å². The van der Waals surface area contributed by atoms with Gasteiger partial charge in [-0.15, -0.1) is 0 Å². The van der Waals surface area contributed by atoms with Crippen LogP contribution in [0, 0.1) is 6.92 Å². The van der Waals surface area contributed by atoms with E-state index < -0.39 is 0 Å². The molecule has 1 N–H and O–H groups in total. The van der Waals surface area contributed by atoms with Crippen LogP contribution in [-0.2, 0) is 4.79 Å². The van der Waals surface area contributed by atoms with Crippen LogP contribution in [0.3, 0.4) is 0 Å². The van der Waals surface area contributed by atoms with Gasteiger partial charge in [-0.1, -0.05) is 43.2 Å². The summed E-state index contributed by atoms with van der Waals surface area (Å²) in [6.45, 7) is 6.82. The van der Waals surface area contributed by atoms with Gasteiger partial charge in [0.1, 0.15) is 6.17 Å². The van der Waals surface area contributed by atoms with E-state index in [0.29, 0.717) is 12.6 Å². The Hall–Kier alpha value is -1.35. The third kappa shape index (κ3) is 2.56. The molecule has 0 spiro atoms. The smallest absolute Gasteiger partial charge is 0.238 e. The van der Waals surface area contributed by atoms with E-state index in [1.165, 1.54) is 11.1 Å². The number of carbonyl (C=O) groups is 1. The molecular weight excluding hydrogens is 224 g/mol. The fraction of sp³-hybridized carbons (Fsp3) is 0.533. The van der Waals surface area contributed by atoms with Crippen LogP contribution in [0.15, 0.2) is 24.3 Å². The number of carbonyl (C=O) groups excluding carboxylic acids is 1. The maximum atomic E-state index is 12.0.